The number of ether oxygens (including phenoxy) is 4. The maximum absolute atomic E-state index is 13.5. The molecule has 2 aromatic heterocycles. The van der Waals surface area contributed by atoms with Gasteiger partial charge in [-0.2, -0.15) is 0 Å². The number of rotatable bonds is 15. The molecule has 2 saturated heterocycles. The molecule has 292 valence electrons. The van der Waals surface area contributed by atoms with E-state index in [1.165, 1.54) is 14.2 Å². The maximum Gasteiger partial charge on any atom is 0.407 e. The quantitative estimate of drug-likeness (QED) is 0.131. The number of amides is 4. The summed E-state index contributed by atoms with van der Waals surface area (Å²) in [5, 5.41) is 2.64. The van der Waals surface area contributed by atoms with Crippen molar-refractivity contribution in [3.05, 3.63) is 72.6 Å². The number of nitrogens with zero attached hydrogens (tertiary/aromatic N) is 4. The first kappa shape index (κ1) is 39.0. The number of methoxy groups -OCH3 is 3. The Bertz CT molecular complexity index is 1930. The van der Waals surface area contributed by atoms with Crippen LogP contribution < -0.4 is 11.1 Å². The van der Waals surface area contributed by atoms with Crippen molar-refractivity contribution >= 4 is 24.0 Å². The van der Waals surface area contributed by atoms with E-state index in [0.29, 0.717) is 37.8 Å². The lowest BCUT2D eigenvalue weighted by Crippen LogP contribution is -2.49. The minimum atomic E-state index is -1.02. The lowest BCUT2D eigenvalue weighted by atomic mass is 10.0. The second kappa shape index (κ2) is 18.1. The van der Waals surface area contributed by atoms with Crippen molar-refractivity contribution in [1.82, 2.24) is 35.1 Å². The van der Waals surface area contributed by atoms with Gasteiger partial charge in [-0.1, -0.05) is 48.5 Å². The molecule has 0 unspecified atom stereocenters. The molecule has 2 aliphatic rings. The van der Waals surface area contributed by atoms with Crippen LogP contribution in [0.2, 0.25) is 0 Å². The predicted molar refractivity (Wildman–Crippen MR) is 201 cm³/mol. The molecule has 0 spiro atoms. The number of hydrogen-bond acceptors (Lipinski definition) is 10. The first-order chi connectivity index (χ1) is 26.7. The summed E-state index contributed by atoms with van der Waals surface area (Å²) >= 11 is 0. The Balaban J connectivity index is 1.10. The summed E-state index contributed by atoms with van der Waals surface area (Å²) in [6, 6.07) is 15.0. The zero-order valence-corrected chi connectivity index (χ0v) is 31.3. The van der Waals surface area contributed by atoms with Crippen molar-refractivity contribution in [2.24, 2.45) is 5.73 Å². The van der Waals surface area contributed by atoms with E-state index in [1.54, 1.807) is 29.3 Å². The van der Waals surface area contributed by atoms with Crippen molar-refractivity contribution in [2.45, 2.75) is 62.8 Å². The molecule has 16 heteroatoms. The first-order valence-corrected chi connectivity index (χ1v) is 18.4. The summed E-state index contributed by atoms with van der Waals surface area (Å²) < 4.78 is 20.1. The maximum atomic E-state index is 13.5. The van der Waals surface area contributed by atoms with Crippen LogP contribution in [0, 0.1) is 0 Å². The van der Waals surface area contributed by atoms with Gasteiger partial charge in [0.1, 0.15) is 17.7 Å². The number of carbonyl (C=O) groups is 4. The molecule has 2 aromatic carbocycles. The molecule has 0 radical (unpaired) electrons. The molecular weight excluding hydrogens is 708 g/mol. The highest BCUT2D eigenvalue weighted by Gasteiger charge is 2.38. The Morgan fingerprint density at radius 3 is 1.69 bits per heavy atom. The van der Waals surface area contributed by atoms with Crippen molar-refractivity contribution < 1.29 is 38.1 Å². The average Bonchev–Trinajstić information content (AvgIpc) is 4.04. The van der Waals surface area contributed by atoms with Gasteiger partial charge < -0.3 is 49.8 Å². The largest absolute Gasteiger partial charge is 0.453 e. The third-order valence-electron chi connectivity index (χ3n) is 10.1. The lowest BCUT2D eigenvalue weighted by molar-refractivity contribution is -0.142. The number of alkyl carbamates (subject to hydrolysis) is 1. The van der Waals surface area contributed by atoms with E-state index in [-0.39, 0.29) is 36.9 Å². The molecule has 16 nitrogen and oxygen atoms in total. The standard InChI is InChI=1S/C39H48N8O8/c1-52-20-16-28(45-39(51)54-3)36(48)46-18-4-6-31(46)34-41-22-29(43-34)26-12-8-24(9-13-26)25-10-14-27(15-11-25)30-23-42-35(44-30)32-7-5-19-47(32)37(49)33(17-21-53-2)55-38(40)50/h8-15,22-23,28,31-33H,4-7,16-21H2,1-3H3,(H2,40,50)(H,41,43)(H,42,44)(H,45,51)/t28-,31-,32-,33-/m0/s1. The number of carbonyl (C=O) groups excluding carboxylic acids is 4. The zero-order valence-electron chi connectivity index (χ0n) is 31.3. The minimum Gasteiger partial charge on any atom is -0.453 e. The zero-order chi connectivity index (χ0) is 38.9. The van der Waals surface area contributed by atoms with E-state index in [0.717, 1.165) is 59.3 Å². The number of benzene rings is 2. The van der Waals surface area contributed by atoms with Gasteiger partial charge in [-0.25, -0.2) is 19.6 Å². The number of nitrogens with two attached hydrogens (primary N) is 1. The second-order valence-electron chi connectivity index (χ2n) is 13.6. The fourth-order valence-corrected chi connectivity index (χ4v) is 7.30. The third-order valence-corrected chi connectivity index (χ3v) is 10.1. The molecule has 0 saturated carbocycles. The lowest BCUT2D eigenvalue weighted by Gasteiger charge is -2.28. The van der Waals surface area contributed by atoms with Gasteiger partial charge in [-0.15, -0.1) is 0 Å². The van der Waals surface area contributed by atoms with Crippen molar-refractivity contribution in [2.75, 3.05) is 47.6 Å². The van der Waals surface area contributed by atoms with Crippen molar-refractivity contribution in [1.29, 1.82) is 0 Å². The highest BCUT2D eigenvalue weighted by Crippen LogP contribution is 2.35. The highest BCUT2D eigenvalue weighted by atomic mass is 16.6. The van der Waals surface area contributed by atoms with Crippen molar-refractivity contribution in [3.63, 3.8) is 0 Å². The normalized spacial score (nSPS) is 17.9. The second-order valence-corrected chi connectivity index (χ2v) is 13.6. The summed E-state index contributed by atoms with van der Waals surface area (Å²) in [7, 11) is 4.34. The number of hydrogen-bond donors (Lipinski definition) is 4. The van der Waals surface area contributed by atoms with Gasteiger partial charge >= 0.3 is 12.2 Å². The molecular formula is C39H48N8O8. The highest BCUT2D eigenvalue weighted by molar-refractivity contribution is 5.86. The minimum absolute atomic E-state index is 0.195. The van der Waals surface area contributed by atoms with E-state index < -0.39 is 24.3 Å². The molecule has 0 bridgehead atoms. The van der Waals surface area contributed by atoms with Gasteiger partial charge in [0, 0.05) is 46.8 Å². The Morgan fingerprint density at radius 1 is 0.745 bits per heavy atom. The van der Waals surface area contributed by atoms with Gasteiger partial charge in [0.05, 0.1) is 49.6 Å². The summed E-state index contributed by atoms with van der Waals surface area (Å²) in [6.45, 7) is 1.65. The number of H-pyrrole nitrogens is 2. The number of imidazole rings is 2. The van der Waals surface area contributed by atoms with Gasteiger partial charge in [-0.05, 0) is 47.9 Å². The van der Waals surface area contributed by atoms with Crippen LogP contribution in [0.25, 0.3) is 33.6 Å². The first-order valence-electron chi connectivity index (χ1n) is 18.4. The van der Waals surface area contributed by atoms with Gasteiger partial charge in [0.25, 0.3) is 5.91 Å². The number of nitrogens with one attached hydrogen (secondary N) is 3. The SMILES string of the molecule is COCC[C@H](NC(=O)OC)C(=O)N1CCC[C@H]1c1ncc(-c2ccc(-c3ccc(-c4cnc([C@@H]5CCCN5C(=O)[C@H](CCOC)OC(N)=O)[nH]4)cc3)cc2)[nH]1. The van der Waals surface area contributed by atoms with Crippen LogP contribution in [0.3, 0.4) is 0 Å². The van der Waals surface area contributed by atoms with Crippen LogP contribution in [-0.4, -0.2) is 114 Å². The van der Waals surface area contributed by atoms with E-state index in [4.69, 9.17) is 24.7 Å². The molecule has 4 aromatic rings. The fraction of sp³-hybridized carbons (Fsp3) is 0.436. The Hall–Kier alpha value is -5.74. The van der Waals surface area contributed by atoms with Crippen LogP contribution in [-0.2, 0) is 28.5 Å². The van der Waals surface area contributed by atoms with Crippen LogP contribution in [0.1, 0.15) is 62.3 Å². The van der Waals surface area contributed by atoms with E-state index in [9.17, 15) is 19.2 Å². The van der Waals surface area contributed by atoms with E-state index in [2.05, 4.69) is 37.4 Å². The third kappa shape index (κ3) is 9.15. The molecule has 4 heterocycles. The number of aromatic amines is 2. The summed E-state index contributed by atoms with van der Waals surface area (Å²) in [6.07, 6.45) is 4.50. The van der Waals surface area contributed by atoms with Gasteiger partial charge in [0.2, 0.25) is 5.91 Å². The van der Waals surface area contributed by atoms with E-state index in [1.807, 2.05) is 36.4 Å². The number of aromatic nitrogens is 4. The topological polar surface area (TPSA) is 207 Å². The summed E-state index contributed by atoms with van der Waals surface area (Å²) in [5.74, 6) is 0.855. The van der Waals surface area contributed by atoms with Crippen molar-refractivity contribution in [3.8, 4) is 33.6 Å². The molecule has 6 rings (SSSR count). The molecule has 4 amide bonds. The Kier molecular flexibility index (Phi) is 12.8. The Labute approximate surface area is 319 Å². The monoisotopic (exact) mass is 756 g/mol. The smallest absolute Gasteiger partial charge is 0.407 e. The summed E-state index contributed by atoms with van der Waals surface area (Å²) in [4.78, 5) is 69.8. The summed E-state index contributed by atoms with van der Waals surface area (Å²) in [5.41, 5.74) is 10.9. The number of primary amides is 1. The molecule has 5 N–H and O–H groups in total. The van der Waals surface area contributed by atoms with E-state index >= 15 is 0 Å². The van der Waals surface area contributed by atoms with Crippen LogP contribution >= 0.6 is 0 Å². The number of likely N-dealkylation sites (tertiary alicyclic amines) is 2. The fourth-order valence-electron chi connectivity index (χ4n) is 7.30. The van der Waals surface area contributed by atoms with Crippen LogP contribution in [0.5, 0.6) is 0 Å². The molecule has 2 aliphatic heterocycles. The molecule has 4 atom stereocenters. The molecule has 0 aliphatic carbocycles. The van der Waals surface area contributed by atoms with Gasteiger partial charge in [-0.3, -0.25) is 9.59 Å². The Morgan fingerprint density at radius 2 is 1.22 bits per heavy atom. The molecule has 55 heavy (non-hydrogen) atoms. The average molecular weight is 757 g/mol. The molecule has 2 fully saturated rings. The van der Waals surface area contributed by atoms with Crippen LogP contribution in [0.15, 0.2) is 60.9 Å². The van der Waals surface area contributed by atoms with Crippen LogP contribution in [0.4, 0.5) is 9.59 Å². The van der Waals surface area contributed by atoms with Gasteiger partial charge in [0.15, 0.2) is 6.10 Å². The predicted octanol–water partition coefficient (Wildman–Crippen LogP) is 4.72.